The Hall–Kier alpha value is -0.530. The van der Waals surface area contributed by atoms with Crippen molar-refractivity contribution in [3.8, 4) is 0 Å². The minimum Gasteiger partial charge on any atom is -0.343 e. The molecule has 0 spiro atoms. The third kappa shape index (κ3) is 16.7. The molecule has 0 aliphatic heterocycles. The van der Waals surface area contributed by atoms with Gasteiger partial charge in [-0.15, -0.1) is 0 Å². The second-order valence-electron chi connectivity index (χ2n) is 7.73. The predicted molar refractivity (Wildman–Crippen MR) is 112 cm³/mol. The average Bonchev–Trinajstić information content (AvgIpc) is 2.61. The van der Waals surface area contributed by atoms with Crippen LogP contribution >= 0.6 is 0 Å². The fourth-order valence-electron chi connectivity index (χ4n) is 3.53. The first-order chi connectivity index (χ1) is 12.3. The third-order valence-electron chi connectivity index (χ3n) is 5.08. The molecule has 2 heteroatoms. The molecule has 0 aromatic heterocycles. The highest BCUT2D eigenvalue weighted by atomic mass is 16.2. The average molecular weight is 354 g/mol. The Bertz CT molecular complexity index is 271. The maximum absolute atomic E-state index is 12.2. The third-order valence-corrected chi connectivity index (χ3v) is 5.08. The van der Waals surface area contributed by atoms with Crippen molar-refractivity contribution in [2.45, 2.75) is 130 Å². The zero-order valence-corrected chi connectivity index (χ0v) is 17.8. The number of hydrogen-bond acceptors (Lipinski definition) is 1. The van der Waals surface area contributed by atoms with Gasteiger partial charge in [-0.1, -0.05) is 104 Å². The van der Waals surface area contributed by atoms with Crippen LogP contribution in [-0.4, -0.2) is 23.9 Å². The van der Waals surface area contributed by atoms with Crippen molar-refractivity contribution >= 4 is 5.91 Å². The summed E-state index contributed by atoms with van der Waals surface area (Å²) in [5.41, 5.74) is 0. The zero-order chi connectivity index (χ0) is 18.6. The second kappa shape index (κ2) is 19.8. The molecule has 25 heavy (non-hydrogen) atoms. The number of unbranched alkanes of at least 4 members (excludes halogenated alkanes) is 13. The molecule has 0 aliphatic rings. The smallest absolute Gasteiger partial charge is 0.222 e. The van der Waals surface area contributed by atoms with E-state index in [9.17, 15) is 4.79 Å². The van der Waals surface area contributed by atoms with E-state index in [0.29, 0.717) is 5.91 Å². The normalized spacial score (nSPS) is 11.0. The standard InChI is InChI=1S/C23H47NO/c1-4-7-8-9-10-11-12-13-14-15-16-17-18-19-20-23(25)24(21-5-2)22-6-3/h4-22H2,1-3H3. The van der Waals surface area contributed by atoms with Crippen LogP contribution < -0.4 is 0 Å². The van der Waals surface area contributed by atoms with E-state index in [1.807, 2.05) is 0 Å². The van der Waals surface area contributed by atoms with Gasteiger partial charge in [-0.3, -0.25) is 4.79 Å². The van der Waals surface area contributed by atoms with Crippen LogP contribution in [0.15, 0.2) is 0 Å². The van der Waals surface area contributed by atoms with E-state index in [1.165, 1.54) is 83.5 Å². The van der Waals surface area contributed by atoms with Crippen LogP contribution in [0.4, 0.5) is 0 Å². The van der Waals surface area contributed by atoms with Gasteiger partial charge in [0.25, 0.3) is 0 Å². The van der Waals surface area contributed by atoms with Crippen molar-refractivity contribution in [2.75, 3.05) is 13.1 Å². The molecule has 0 saturated heterocycles. The van der Waals surface area contributed by atoms with E-state index in [1.54, 1.807) is 0 Å². The lowest BCUT2D eigenvalue weighted by molar-refractivity contribution is -0.131. The van der Waals surface area contributed by atoms with Crippen molar-refractivity contribution in [2.24, 2.45) is 0 Å². The molecule has 150 valence electrons. The largest absolute Gasteiger partial charge is 0.343 e. The highest BCUT2D eigenvalue weighted by Crippen LogP contribution is 2.13. The Balaban J connectivity index is 3.31. The summed E-state index contributed by atoms with van der Waals surface area (Å²) >= 11 is 0. The Kier molecular flexibility index (Phi) is 19.4. The second-order valence-corrected chi connectivity index (χ2v) is 7.73. The molecule has 0 fully saturated rings. The van der Waals surface area contributed by atoms with Gasteiger partial charge in [-0.25, -0.2) is 0 Å². The van der Waals surface area contributed by atoms with Gasteiger partial charge in [0.05, 0.1) is 0 Å². The van der Waals surface area contributed by atoms with Gasteiger partial charge >= 0.3 is 0 Å². The quantitative estimate of drug-likeness (QED) is 0.220. The Morgan fingerprint density at radius 1 is 0.520 bits per heavy atom. The van der Waals surface area contributed by atoms with Crippen LogP contribution in [0.1, 0.15) is 130 Å². The van der Waals surface area contributed by atoms with E-state index in [4.69, 9.17) is 0 Å². The Morgan fingerprint density at radius 2 is 0.880 bits per heavy atom. The van der Waals surface area contributed by atoms with E-state index >= 15 is 0 Å². The minimum absolute atomic E-state index is 0.377. The lowest BCUT2D eigenvalue weighted by Gasteiger charge is -2.21. The van der Waals surface area contributed by atoms with Crippen molar-refractivity contribution in [3.63, 3.8) is 0 Å². The van der Waals surface area contributed by atoms with E-state index in [-0.39, 0.29) is 0 Å². The maximum Gasteiger partial charge on any atom is 0.222 e. The predicted octanol–water partition coefficient (Wildman–Crippen LogP) is 7.51. The van der Waals surface area contributed by atoms with Crippen molar-refractivity contribution in [1.82, 2.24) is 4.90 Å². The maximum atomic E-state index is 12.2. The van der Waals surface area contributed by atoms with E-state index in [2.05, 4.69) is 25.7 Å². The lowest BCUT2D eigenvalue weighted by Crippen LogP contribution is -2.32. The molecule has 0 unspecified atom stereocenters. The van der Waals surface area contributed by atoms with Crippen LogP contribution in [0, 0.1) is 0 Å². The van der Waals surface area contributed by atoms with Crippen molar-refractivity contribution < 1.29 is 4.79 Å². The fraction of sp³-hybridized carbons (Fsp3) is 0.957. The number of carbonyl (C=O) groups is 1. The molecule has 0 heterocycles. The molecule has 0 rings (SSSR count). The topological polar surface area (TPSA) is 20.3 Å². The van der Waals surface area contributed by atoms with Gasteiger partial charge in [-0.2, -0.15) is 0 Å². The van der Waals surface area contributed by atoms with Crippen LogP contribution in [0.2, 0.25) is 0 Å². The fourth-order valence-corrected chi connectivity index (χ4v) is 3.53. The summed E-state index contributed by atoms with van der Waals surface area (Å²) in [6.45, 7) is 8.47. The monoisotopic (exact) mass is 353 g/mol. The van der Waals surface area contributed by atoms with Gasteiger partial charge in [0, 0.05) is 19.5 Å². The minimum atomic E-state index is 0.377. The van der Waals surface area contributed by atoms with E-state index < -0.39 is 0 Å². The van der Waals surface area contributed by atoms with Crippen LogP contribution in [0.5, 0.6) is 0 Å². The molecule has 0 aliphatic carbocycles. The van der Waals surface area contributed by atoms with Gasteiger partial charge in [0.15, 0.2) is 0 Å². The molecule has 0 bridgehead atoms. The summed E-state index contributed by atoms with van der Waals surface area (Å²) in [6, 6.07) is 0. The van der Waals surface area contributed by atoms with Gasteiger partial charge in [0.2, 0.25) is 5.91 Å². The van der Waals surface area contributed by atoms with Crippen LogP contribution in [-0.2, 0) is 4.79 Å². The molecule has 0 saturated carbocycles. The number of hydrogen-bond donors (Lipinski definition) is 0. The Labute approximate surface area is 159 Å². The summed E-state index contributed by atoms with van der Waals surface area (Å²) < 4.78 is 0. The van der Waals surface area contributed by atoms with Crippen molar-refractivity contribution in [1.29, 1.82) is 0 Å². The van der Waals surface area contributed by atoms with Crippen LogP contribution in [0.3, 0.4) is 0 Å². The van der Waals surface area contributed by atoms with Gasteiger partial charge in [0.1, 0.15) is 0 Å². The van der Waals surface area contributed by atoms with E-state index in [0.717, 1.165) is 38.8 Å². The molecule has 0 aromatic carbocycles. The molecular weight excluding hydrogens is 306 g/mol. The molecular formula is C23H47NO. The summed E-state index contributed by atoms with van der Waals surface area (Å²) in [6.07, 6.45) is 22.1. The number of amides is 1. The number of nitrogens with zero attached hydrogens (tertiary/aromatic N) is 1. The zero-order valence-electron chi connectivity index (χ0n) is 17.8. The number of rotatable bonds is 19. The van der Waals surface area contributed by atoms with Gasteiger partial charge < -0.3 is 4.90 Å². The molecule has 1 amide bonds. The first kappa shape index (κ1) is 24.5. The van der Waals surface area contributed by atoms with Crippen molar-refractivity contribution in [3.05, 3.63) is 0 Å². The Morgan fingerprint density at radius 3 is 1.24 bits per heavy atom. The molecule has 2 nitrogen and oxygen atoms in total. The molecule has 0 aromatic rings. The highest BCUT2D eigenvalue weighted by Gasteiger charge is 2.10. The highest BCUT2D eigenvalue weighted by molar-refractivity contribution is 5.76. The summed E-state index contributed by atoms with van der Waals surface area (Å²) in [4.78, 5) is 14.2. The molecule has 0 N–H and O–H groups in total. The summed E-state index contributed by atoms with van der Waals surface area (Å²) in [5.74, 6) is 0.377. The number of carbonyl (C=O) groups excluding carboxylic acids is 1. The first-order valence-electron chi connectivity index (χ1n) is 11.5. The SMILES string of the molecule is CCCCCCCCCCCCCCCCC(=O)N(CCC)CCC. The van der Waals surface area contributed by atoms with Gasteiger partial charge in [-0.05, 0) is 19.3 Å². The lowest BCUT2D eigenvalue weighted by atomic mass is 10.0. The summed E-state index contributed by atoms with van der Waals surface area (Å²) in [5, 5.41) is 0. The summed E-state index contributed by atoms with van der Waals surface area (Å²) in [7, 11) is 0. The molecule has 0 radical (unpaired) electrons. The first-order valence-corrected chi connectivity index (χ1v) is 11.5. The molecule has 0 atom stereocenters. The van der Waals surface area contributed by atoms with Crippen LogP contribution in [0.25, 0.3) is 0 Å².